The van der Waals surface area contributed by atoms with E-state index in [0.717, 1.165) is 25.0 Å². The molecule has 164 valence electrons. The Bertz CT molecular complexity index is 1160. The van der Waals surface area contributed by atoms with Crippen LogP contribution >= 0.6 is 22.7 Å². The summed E-state index contributed by atoms with van der Waals surface area (Å²) in [6.07, 6.45) is 3.11. The number of amides is 1. The summed E-state index contributed by atoms with van der Waals surface area (Å²) in [6.45, 7) is 2.08. The minimum Gasteiger partial charge on any atom is -0.484 e. The van der Waals surface area contributed by atoms with Crippen LogP contribution in [0.1, 0.15) is 23.9 Å². The lowest BCUT2D eigenvalue weighted by Crippen LogP contribution is -2.25. The molecule has 0 saturated carbocycles. The largest absolute Gasteiger partial charge is 0.484 e. The van der Waals surface area contributed by atoms with Gasteiger partial charge in [0, 0.05) is 11.9 Å². The van der Waals surface area contributed by atoms with Gasteiger partial charge in [-0.05, 0) is 60.9 Å². The van der Waals surface area contributed by atoms with Crippen molar-refractivity contribution >= 4 is 49.4 Å². The summed E-state index contributed by atoms with van der Waals surface area (Å²) in [5.74, 6) is 0.857. The topological polar surface area (TPSA) is 88.6 Å². The SMILES string of the molecule is C[C@H]1CCc2nc(NC(=O)COc3ccc(N(C)S(=O)(=O)c4cccs4)cc3)sc2C1. The fraction of sp³-hybridized carbons (Fsp3) is 0.333. The fourth-order valence-corrected chi connectivity index (χ4v) is 6.88. The quantitative estimate of drug-likeness (QED) is 0.552. The van der Waals surface area contributed by atoms with Crippen LogP contribution in [0.5, 0.6) is 5.75 Å². The van der Waals surface area contributed by atoms with Gasteiger partial charge in [-0.3, -0.25) is 14.4 Å². The third-order valence-corrected chi connectivity index (χ3v) is 9.31. The molecule has 0 saturated heterocycles. The Hall–Kier alpha value is -2.43. The van der Waals surface area contributed by atoms with E-state index in [1.165, 1.54) is 38.9 Å². The van der Waals surface area contributed by atoms with E-state index in [9.17, 15) is 13.2 Å². The monoisotopic (exact) mass is 477 g/mol. The number of hydrogen-bond donors (Lipinski definition) is 1. The Kier molecular flexibility index (Phi) is 6.31. The Labute approximate surface area is 189 Å². The second kappa shape index (κ2) is 8.97. The Morgan fingerprint density at radius 2 is 2.06 bits per heavy atom. The van der Waals surface area contributed by atoms with E-state index < -0.39 is 10.0 Å². The molecule has 0 unspecified atom stereocenters. The summed E-state index contributed by atoms with van der Waals surface area (Å²) in [7, 11) is -2.08. The molecule has 2 aromatic heterocycles. The average molecular weight is 478 g/mol. The maximum atomic E-state index is 12.6. The van der Waals surface area contributed by atoms with Crippen molar-refractivity contribution in [3.8, 4) is 5.75 Å². The highest BCUT2D eigenvalue weighted by atomic mass is 32.2. The fourth-order valence-electron chi connectivity index (χ4n) is 3.33. The molecule has 1 aromatic carbocycles. The zero-order valence-corrected chi connectivity index (χ0v) is 19.6. The summed E-state index contributed by atoms with van der Waals surface area (Å²) in [4.78, 5) is 18.0. The van der Waals surface area contributed by atoms with Crippen molar-refractivity contribution < 1.29 is 17.9 Å². The van der Waals surface area contributed by atoms with Crippen LogP contribution in [0.25, 0.3) is 0 Å². The number of hydrogen-bond acceptors (Lipinski definition) is 7. The summed E-state index contributed by atoms with van der Waals surface area (Å²) in [5, 5.41) is 5.15. The third-order valence-electron chi connectivity index (χ3n) is 5.11. The van der Waals surface area contributed by atoms with Crippen LogP contribution in [0, 0.1) is 5.92 Å². The molecule has 0 aliphatic heterocycles. The number of thiophene rings is 1. The number of nitrogens with one attached hydrogen (secondary N) is 1. The van der Waals surface area contributed by atoms with Gasteiger partial charge < -0.3 is 4.74 Å². The predicted molar refractivity (Wildman–Crippen MR) is 124 cm³/mol. The van der Waals surface area contributed by atoms with E-state index in [-0.39, 0.29) is 16.7 Å². The van der Waals surface area contributed by atoms with E-state index >= 15 is 0 Å². The highest BCUT2D eigenvalue weighted by Crippen LogP contribution is 2.32. The lowest BCUT2D eigenvalue weighted by molar-refractivity contribution is -0.118. The number of ether oxygens (including phenoxy) is 1. The maximum Gasteiger partial charge on any atom is 0.273 e. The second-order valence-corrected chi connectivity index (χ2v) is 11.7. The zero-order valence-electron chi connectivity index (χ0n) is 17.2. The van der Waals surface area contributed by atoms with E-state index in [1.54, 1.807) is 41.8 Å². The first-order valence-corrected chi connectivity index (χ1v) is 13.0. The normalized spacial score (nSPS) is 15.9. The molecule has 2 heterocycles. The number of carbonyl (C=O) groups is 1. The number of nitrogens with zero attached hydrogens (tertiary/aromatic N) is 2. The van der Waals surface area contributed by atoms with Gasteiger partial charge >= 0.3 is 0 Å². The Balaban J connectivity index is 1.33. The zero-order chi connectivity index (χ0) is 22.0. The minimum absolute atomic E-state index is 0.149. The van der Waals surface area contributed by atoms with Crippen molar-refractivity contribution in [2.45, 2.75) is 30.4 Å². The predicted octanol–water partition coefficient (Wildman–Crippen LogP) is 4.17. The van der Waals surface area contributed by atoms with Crippen molar-refractivity contribution in [1.29, 1.82) is 0 Å². The highest BCUT2D eigenvalue weighted by molar-refractivity contribution is 7.94. The van der Waals surface area contributed by atoms with Gasteiger partial charge in [0.15, 0.2) is 11.7 Å². The van der Waals surface area contributed by atoms with Crippen LogP contribution in [-0.2, 0) is 27.7 Å². The number of aryl methyl sites for hydroxylation is 1. The number of sulfonamides is 1. The molecular weight excluding hydrogens is 454 g/mol. The first kappa shape index (κ1) is 21.8. The van der Waals surface area contributed by atoms with E-state index in [2.05, 4.69) is 17.2 Å². The Morgan fingerprint density at radius 1 is 1.29 bits per heavy atom. The number of benzene rings is 1. The summed E-state index contributed by atoms with van der Waals surface area (Å²) in [6, 6.07) is 9.86. The molecular formula is C21H23N3O4S3. The van der Waals surface area contributed by atoms with Gasteiger partial charge in [0.1, 0.15) is 9.96 Å². The Morgan fingerprint density at radius 3 is 2.77 bits per heavy atom. The molecule has 1 atom stereocenters. The molecule has 0 spiro atoms. The van der Waals surface area contributed by atoms with Crippen LogP contribution in [0.2, 0.25) is 0 Å². The van der Waals surface area contributed by atoms with Crippen LogP contribution in [-0.4, -0.2) is 33.0 Å². The van der Waals surface area contributed by atoms with Gasteiger partial charge in [-0.1, -0.05) is 13.0 Å². The molecule has 7 nitrogen and oxygen atoms in total. The van der Waals surface area contributed by atoms with Crippen molar-refractivity contribution in [3.05, 3.63) is 52.3 Å². The summed E-state index contributed by atoms with van der Waals surface area (Å²) >= 11 is 2.71. The van der Waals surface area contributed by atoms with Gasteiger partial charge in [0.25, 0.3) is 15.9 Å². The maximum absolute atomic E-state index is 12.6. The van der Waals surface area contributed by atoms with Crippen molar-refractivity contribution in [2.24, 2.45) is 5.92 Å². The van der Waals surface area contributed by atoms with Crippen LogP contribution in [0.15, 0.2) is 46.0 Å². The number of aromatic nitrogens is 1. The molecule has 4 rings (SSSR count). The number of thiazole rings is 1. The first-order chi connectivity index (χ1) is 14.8. The van der Waals surface area contributed by atoms with E-state index in [0.29, 0.717) is 22.5 Å². The van der Waals surface area contributed by atoms with E-state index in [1.807, 2.05) is 0 Å². The van der Waals surface area contributed by atoms with Gasteiger partial charge in [-0.15, -0.1) is 22.7 Å². The molecule has 3 aromatic rings. The van der Waals surface area contributed by atoms with Crippen molar-refractivity contribution in [1.82, 2.24) is 4.98 Å². The average Bonchev–Trinajstić information content (AvgIpc) is 3.42. The van der Waals surface area contributed by atoms with Crippen molar-refractivity contribution in [2.75, 3.05) is 23.3 Å². The van der Waals surface area contributed by atoms with Crippen LogP contribution < -0.4 is 14.4 Å². The number of carbonyl (C=O) groups excluding carboxylic acids is 1. The number of anilines is 2. The third kappa shape index (κ3) is 4.91. The van der Waals surface area contributed by atoms with Gasteiger partial charge in [-0.2, -0.15) is 0 Å². The smallest absolute Gasteiger partial charge is 0.273 e. The molecule has 0 radical (unpaired) electrons. The highest BCUT2D eigenvalue weighted by Gasteiger charge is 2.22. The molecule has 1 aliphatic carbocycles. The minimum atomic E-state index is -3.59. The lowest BCUT2D eigenvalue weighted by Gasteiger charge is -2.18. The molecule has 0 bridgehead atoms. The van der Waals surface area contributed by atoms with Crippen molar-refractivity contribution in [3.63, 3.8) is 0 Å². The molecule has 10 heteroatoms. The van der Waals surface area contributed by atoms with E-state index in [4.69, 9.17) is 4.74 Å². The standard InChI is InChI=1S/C21H23N3O4S3/c1-14-5-10-17-18(12-14)30-21(22-17)23-19(25)13-28-16-8-6-15(7-9-16)24(2)31(26,27)20-4-3-11-29-20/h3-4,6-9,11,14H,5,10,12-13H2,1-2H3,(H,22,23,25)/t14-/m0/s1. The van der Waals surface area contributed by atoms with Gasteiger partial charge in [0.05, 0.1) is 11.4 Å². The number of fused-ring (bicyclic) bond motifs is 1. The number of rotatable bonds is 7. The summed E-state index contributed by atoms with van der Waals surface area (Å²) in [5.41, 5.74) is 1.60. The summed E-state index contributed by atoms with van der Waals surface area (Å²) < 4.78 is 32.3. The first-order valence-electron chi connectivity index (χ1n) is 9.86. The van der Waals surface area contributed by atoms with Crippen LogP contribution in [0.4, 0.5) is 10.8 Å². The molecule has 1 amide bonds. The molecule has 31 heavy (non-hydrogen) atoms. The molecule has 1 N–H and O–H groups in total. The van der Waals surface area contributed by atoms with Crippen LogP contribution in [0.3, 0.4) is 0 Å². The molecule has 1 aliphatic rings. The lowest BCUT2D eigenvalue weighted by atomic mass is 9.93. The molecule has 0 fully saturated rings. The second-order valence-electron chi connectivity index (χ2n) is 7.47. The van der Waals surface area contributed by atoms with Gasteiger partial charge in [-0.25, -0.2) is 13.4 Å². The van der Waals surface area contributed by atoms with Gasteiger partial charge in [0.2, 0.25) is 0 Å².